The number of ether oxygens (including phenoxy) is 1. The fourth-order valence-electron chi connectivity index (χ4n) is 2.16. The lowest BCUT2D eigenvalue weighted by Gasteiger charge is -2.09. The van der Waals surface area contributed by atoms with E-state index < -0.39 is 0 Å². The highest BCUT2D eigenvalue weighted by Gasteiger charge is 2.04. The monoisotopic (exact) mass is 282 g/mol. The number of nitrogens with zero attached hydrogens (tertiary/aromatic N) is 1. The highest BCUT2D eigenvalue weighted by molar-refractivity contribution is 5.78. The average molecular weight is 282 g/mol. The summed E-state index contributed by atoms with van der Waals surface area (Å²) in [6, 6.07) is 16.5. The molecular formula is C17H15FN2O. The molecular weight excluding hydrogens is 267 g/mol. The smallest absolute Gasteiger partial charge is 0.146 e. The van der Waals surface area contributed by atoms with Crippen molar-refractivity contribution in [1.29, 1.82) is 0 Å². The summed E-state index contributed by atoms with van der Waals surface area (Å²) in [6.45, 7) is 0.453. The summed E-state index contributed by atoms with van der Waals surface area (Å²) in [6.07, 6.45) is 0. The summed E-state index contributed by atoms with van der Waals surface area (Å²) in [5.74, 6) is 0.307. The van der Waals surface area contributed by atoms with Gasteiger partial charge in [0.05, 0.1) is 30.6 Å². The first-order valence-electron chi connectivity index (χ1n) is 6.68. The third-order valence-electron chi connectivity index (χ3n) is 3.29. The van der Waals surface area contributed by atoms with Crippen molar-refractivity contribution in [2.24, 2.45) is 0 Å². The van der Waals surface area contributed by atoms with Crippen molar-refractivity contribution in [2.75, 3.05) is 12.4 Å². The molecule has 1 heterocycles. The van der Waals surface area contributed by atoms with E-state index in [-0.39, 0.29) is 5.82 Å². The fourth-order valence-corrected chi connectivity index (χ4v) is 2.16. The summed E-state index contributed by atoms with van der Waals surface area (Å²) >= 11 is 0. The molecule has 21 heavy (non-hydrogen) atoms. The van der Waals surface area contributed by atoms with Gasteiger partial charge in [-0.2, -0.15) is 0 Å². The lowest BCUT2D eigenvalue weighted by Crippen LogP contribution is -2.03. The van der Waals surface area contributed by atoms with Gasteiger partial charge in [-0.15, -0.1) is 0 Å². The number of methoxy groups -OCH3 is 1. The Balaban J connectivity index is 1.80. The maximum atomic E-state index is 13.7. The number of halogens is 1. The molecule has 0 aliphatic rings. The second-order valence-corrected chi connectivity index (χ2v) is 4.69. The largest absolute Gasteiger partial charge is 0.497 e. The summed E-state index contributed by atoms with van der Waals surface area (Å²) in [5.41, 5.74) is 2.20. The molecule has 0 saturated heterocycles. The van der Waals surface area contributed by atoms with Gasteiger partial charge in [0.15, 0.2) is 0 Å². The first-order chi connectivity index (χ1) is 10.3. The number of benzene rings is 2. The molecule has 0 unspecified atom stereocenters. The van der Waals surface area contributed by atoms with E-state index in [1.165, 1.54) is 6.07 Å². The third-order valence-corrected chi connectivity index (χ3v) is 3.29. The van der Waals surface area contributed by atoms with Gasteiger partial charge >= 0.3 is 0 Å². The topological polar surface area (TPSA) is 34.1 Å². The Kier molecular flexibility index (Phi) is 3.69. The molecule has 0 aliphatic heterocycles. The number of anilines is 1. The van der Waals surface area contributed by atoms with Gasteiger partial charge in [0, 0.05) is 11.5 Å². The zero-order valence-corrected chi connectivity index (χ0v) is 11.6. The van der Waals surface area contributed by atoms with Crippen molar-refractivity contribution < 1.29 is 9.13 Å². The van der Waals surface area contributed by atoms with Crippen LogP contribution in [0.25, 0.3) is 10.9 Å². The summed E-state index contributed by atoms with van der Waals surface area (Å²) < 4.78 is 18.8. The molecule has 0 spiro atoms. The van der Waals surface area contributed by atoms with E-state index in [4.69, 9.17) is 4.74 Å². The van der Waals surface area contributed by atoms with Crippen LogP contribution < -0.4 is 10.1 Å². The van der Waals surface area contributed by atoms with Crippen LogP contribution in [-0.2, 0) is 6.54 Å². The molecule has 0 aliphatic carbocycles. The molecule has 3 nitrogen and oxygen atoms in total. The zero-order valence-electron chi connectivity index (χ0n) is 11.6. The van der Waals surface area contributed by atoms with Crippen molar-refractivity contribution >= 4 is 16.6 Å². The van der Waals surface area contributed by atoms with Crippen LogP contribution in [-0.4, -0.2) is 12.1 Å². The lowest BCUT2D eigenvalue weighted by molar-refractivity contribution is 0.414. The van der Waals surface area contributed by atoms with Crippen molar-refractivity contribution in [3.8, 4) is 5.75 Å². The van der Waals surface area contributed by atoms with E-state index in [1.54, 1.807) is 19.2 Å². The Labute approximate surface area is 122 Å². The van der Waals surface area contributed by atoms with Gasteiger partial charge in [0.25, 0.3) is 0 Å². The molecule has 0 fully saturated rings. The SMILES string of the molecule is COc1ccc(F)c(NCc2ccc3ccccc3n2)c1. The molecule has 4 heteroatoms. The molecule has 0 atom stereocenters. The van der Waals surface area contributed by atoms with E-state index in [0.29, 0.717) is 18.0 Å². The molecule has 0 amide bonds. The van der Waals surface area contributed by atoms with E-state index >= 15 is 0 Å². The molecule has 3 rings (SSSR count). The van der Waals surface area contributed by atoms with Crippen LogP contribution in [0.1, 0.15) is 5.69 Å². The highest BCUT2D eigenvalue weighted by atomic mass is 19.1. The lowest BCUT2D eigenvalue weighted by atomic mass is 10.2. The minimum absolute atomic E-state index is 0.309. The van der Waals surface area contributed by atoms with Gasteiger partial charge in [0.2, 0.25) is 0 Å². The molecule has 2 aromatic carbocycles. The van der Waals surface area contributed by atoms with E-state index in [1.807, 2.05) is 36.4 Å². The number of pyridine rings is 1. The number of rotatable bonds is 4. The Bertz CT molecular complexity index is 774. The number of aromatic nitrogens is 1. The van der Waals surface area contributed by atoms with Crippen LogP contribution in [0.2, 0.25) is 0 Å². The van der Waals surface area contributed by atoms with Crippen molar-refractivity contribution in [1.82, 2.24) is 4.98 Å². The Hall–Kier alpha value is -2.62. The zero-order chi connectivity index (χ0) is 14.7. The summed E-state index contributed by atoms with van der Waals surface area (Å²) in [7, 11) is 1.56. The van der Waals surface area contributed by atoms with Crippen LogP contribution in [0.3, 0.4) is 0 Å². The van der Waals surface area contributed by atoms with Gasteiger partial charge in [-0.1, -0.05) is 24.3 Å². The van der Waals surface area contributed by atoms with Gasteiger partial charge < -0.3 is 10.1 Å². The number of fused-ring (bicyclic) bond motifs is 1. The molecule has 0 bridgehead atoms. The normalized spacial score (nSPS) is 10.6. The molecule has 3 aromatic rings. The predicted octanol–water partition coefficient (Wildman–Crippen LogP) is 3.99. The summed E-state index contributed by atoms with van der Waals surface area (Å²) in [4.78, 5) is 4.55. The van der Waals surface area contributed by atoms with E-state index in [0.717, 1.165) is 16.6 Å². The van der Waals surface area contributed by atoms with Crippen LogP contribution in [0.4, 0.5) is 10.1 Å². The molecule has 0 saturated carbocycles. The van der Waals surface area contributed by atoms with Crippen molar-refractivity contribution in [2.45, 2.75) is 6.54 Å². The van der Waals surface area contributed by atoms with Crippen LogP contribution in [0, 0.1) is 5.82 Å². The van der Waals surface area contributed by atoms with Gasteiger partial charge in [-0.25, -0.2) is 4.39 Å². The minimum atomic E-state index is -0.309. The first-order valence-corrected chi connectivity index (χ1v) is 6.68. The van der Waals surface area contributed by atoms with Crippen molar-refractivity contribution in [3.05, 3.63) is 66.1 Å². The van der Waals surface area contributed by atoms with E-state index in [2.05, 4.69) is 10.3 Å². The first kappa shape index (κ1) is 13.4. The number of nitrogens with one attached hydrogen (secondary N) is 1. The predicted molar refractivity (Wildman–Crippen MR) is 82.0 cm³/mol. The van der Waals surface area contributed by atoms with Crippen LogP contribution in [0.15, 0.2) is 54.6 Å². The van der Waals surface area contributed by atoms with Crippen LogP contribution in [0.5, 0.6) is 5.75 Å². The second kappa shape index (κ2) is 5.79. The van der Waals surface area contributed by atoms with Crippen molar-refractivity contribution in [3.63, 3.8) is 0 Å². The Morgan fingerprint density at radius 3 is 2.81 bits per heavy atom. The second-order valence-electron chi connectivity index (χ2n) is 4.69. The minimum Gasteiger partial charge on any atom is -0.497 e. The Morgan fingerprint density at radius 2 is 1.95 bits per heavy atom. The average Bonchev–Trinajstić information content (AvgIpc) is 2.54. The van der Waals surface area contributed by atoms with Crippen LogP contribution >= 0.6 is 0 Å². The molecule has 106 valence electrons. The van der Waals surface area contributed by atoms with Gasteiger partial charge in [0.1, 0.15) is 11.6 Å². The maximum absolute atomic E-state index is 13.7. The summed E-state index contributed by atoms with van der Waals surface area (Å²) in [5, 5.41) is 4.14. The fraction of sp³-hybridized carbons (Fsp3) is 0.118. The molecule has 1 N–H and O–H groups in total. The quantitative estimate of drug-likeness (QED) is 0.785. The van der Waals surface area contributed by atoms with E-state index in [9.17, 15) is 4.39 Å². The maximum Gasteiger partial charge on any atom is 0.146 e. The number of hydrogen-bond donors (Lipinski definition) is 1. The highest BCUT2D eigenvalue weighted by Crippen LogP contribution is 2.21. The van der Waals surface area contributed by atoms with Gasteiger partial charge in [-0.05, 0) is 24.3 Å². The standard InChI is InChI=1S/C17H15FN2O/c1-21-14-8-9-15(18)17(10-14)19-11-13-7-6-12-4-2-3-5-16(12)20-13/h2-10,19H,11H2,1H3. The third kappa shape index (κ3) is 2.94. The molecule has 0 radical (unpaired) electrons. The molecule has 1 aromatic heterocycles. The number of hydrogen-bond acceptors (Lipinski definition) is 3. The Morgan fingerprint density at radius 1 is 1.10 bits per heavy atom. The van der Waals surface area contributed by atoms with Gasteiger partial charge in [-0.3, -0.25) is 4.98 Å². The number of para-hydroxylation sites is 1.